The largest absolute Gasteiger partial charge is 0.322 e. The van der Waals surface area contributed by atoms with Crippen molar-refractivity contribution in [2.75, 3.05) is 40.4 Å². The molecule has 6 nitrogen and oxygen atoms in total. The highest BCUT2D eigenvalue weighted by Gasteiger charge is 2.13. The van der Waals surface area contributed by atoms with E-state index < -0.39 is 10.0 Å². The molecule has 1 aliphatic heterocycles. The minimum absolute atomic E-state index is 0.0475. The summed E-state index contributed by atoms with van der Waals surface area (Å²) in [4.78, 5) is 15.1. The first-order valence-electron chi connectivity index (χ1n) is 9.76. The van der Waals surface area contributed by atoms with Crippen LogP contribution in [0.2, 0.25) is 0 Å². The van der Waals surface area contributed by atoms with Gasteiger partial charge in [-0.3, -0.25) is 14.4 Å². The van der Waals surface area contributed by atoms with Crippen molar-refractivity contribution in [1.29, 1.82) is 0 Å². The van der Waals surface area contributed by atoms with E-state index >= 15 is 0 Å². The summed E-state index contributed by atoms with van der Waals surface area (Å²) in [5, 5.41) is 2.91. The first-order valence-corrected chi connectivity index (χ1v) is 12.6. The van der Waals surface area contributed by atoms with Gasteiger partial charge in [0, 0.05) is 48.1 Å². The zero-order valence-corrected chi connectivity index (χ0v) is 18.2. The summed E-state index contributed by atoms with van der Waals surface area (Å²) < 4.78 is 26.4. The molecule has 0 bridgehead atoms. The number of hydrogen-bond acceptors (Lipinski definition) is 5. The van der Waals surface area contributed by atoms with Gasteiger partial charge in [0.2, 0.25) is 10.0 Å². The Kier molecular flexibility index (Phi) is 7.57. The highest BCUT2D eigenvalue weighted by Crippen LogP contribution is 2.18. The van der Waals surface area contributed by atoms with Gasteiger partial charge in [-0.05, 0) is 42.3 Å². The Hall–Kier alpha value is -2.03. The Morgan fingerprint density at radius 2 is 1.79 bits per heavy atom. The molecule has 0 saturated carbocycles. The van der Waals surface area contributed by atoms with Gasteiger partial charge in [-0.25, -0.2) is 8.42 Å². The van der Waals surface area contributed by atoms with Crippen LogP contribution >= 0.6 is 11.8 Å². The Bertz CT molecular complexity index is 942. The van der Waals surface area contributed by atoms with Gasteiger partial charge in [0.1, 0.15) is 0 Å². The fraction of sp³-hybridized carbons (Fsp3) is 0.381. The third-order valence-corrected chi connectivity index (χ3v) is 7.00. The summed E-state index contributed by atoms with van der Waals surface area (Å²) >= 11 is 1.98. The van der Waals surface area contributed by atoms with Gasteiger partial charge in [-0.15, -0.1) is 0 Å². The van der Waals surface area contributed by atoms with Crippen LogP contribution in [0, 0.1) is 0 Å². The zero-order chi connectivity index (χ0) is 20.7. The first-order chi connectivity index (χ1) is 13.9. The third kappa shape index (κ3) is 6.76. The van der Waals surface area contributed by atoms with Crippen LogP contribution in [-0.4, -0.2) is 49.6 Å². The van der Waals surface area contributed by atoms with Crippen molar-refractivity contribution in [2.24, 2.45) is 0 Å². The van der Waals surface area contributed by atoms with Crippen LogP contribution in [-0.2, 0) is 16.6 Å². The summed E-state index contributed by atoms with van der Waals surface area (Å²) in [6, 6.07) is 14.4. The summed E-state index contributed by atoms with van der Waals surface area (Å²) in [7, 11) is -3.39. The number of carbonyl (C=O) groups excluding carboxylic acids is 1. The van der Waals surface area contributed by atoms with E-state index in [1.54, 1.807) is 24.3 Å². The lowest BCUT2D eigenvalue weighted by molar-refractivity contribution is 0.102. The third-order valence-electron chi connectivity index (χ3n) is 4.57. The molecule has 1 fully saturated rings. The molecule has 1 aliphatic rings. The molecule has 1 heterocycles. The van der Waals surface area contributed by atoms with Gasteiger partial charge in [-0.1, -0.05) is 25.1 Å². The lowest BCUT2D eigenvalue weighted by Crippen LogP contribution is -2.31. The van der Waals surface area contributed by atoms with Gasteiger partial charge in [0.25, 0.3) is 5.91 Å². The smallest absolute Gasteiger partial charge is 0.255 e. The van der Waals surface area contributed by atoms with E-state index in [0.29, 0.717) is 17.7 Å². The Labute approximate surface area is 177 Å². The molecular formula is C21H27N3O3S2. The van der Waals surface area contributed by atoms with Crippen LogP contribution in [0.3, 0.4) is 0 Å². The van der Waals surface area contributed by atoms with Gasteiger partial charge in [0.05, 0.1) is 5.75 Å². The van der Waals surface area contributed by atoms with E-state index in [1.165, 1.54) is 0 Å². The number of sulfonamides is 1. The standard InChI is InChI=1S/C21H27N3O3S2/c1-2-13-29(26,27)23-20-8-4-6-18(15-20)21(25)22-19-7-3-5-17(14-19)16-24-9-11-28-12-10-24/h3-8,14-15,23H,2,9-13,16H2,1H3,(H,22,25). The van der Waals surface area contributed by atoms with Gasteiger partial charge < -0.3 is 5.32 Å². The number of amides is 1. The van der Waals surface area contributed by atoms with Crippen molar-refractivity contribution in [1.82, 2.24) is 4.90 Å². The number of anilines is 2. The molecule has 8 heteroatoms. The van der Waals surface area contributed by atoms with Crippen LogP contribution in [0.1, 0.15) is 29.3 Å². The molecule has 3 rings (SSSR count). The van der Waals surface area contributed by atoms with Crippen LogP contribution in [0.4, 0.5) is 11.4 Å². The van der Waals surface area contributed by atoms with E-state index in [-0.39, 0.29) is 11.7 Å². The molecule has 0 atom stereocenters. The van der Waals surface area contributed by atoms with E-state index in [9.17, 15) is 13.2 Å². The van der Waals surface area contributed by atoms with Crippen LogP contribution in [0.25, 0.3) is 0 Å². The van der Waals surface area contributed by atoms with Gasteiger partial charge in [-0.2, -0.15) is 11.8 Å². The topological polar surface area (TPSA) is 78.5 Å². The van der Waals surface area contributed by atoms with Crippen LogP contribution in [0.5, 0.6) is 0 Å². The van der Waals surface area contributed by atoms with Crippen molar-refractivity contribution in [2.45, 2.75) is 19.9 Å². The minimum Gasteiger partial charge on any atom is -0.322 e. The number of hydrogen-bond donors (Lipinski definition) is 2. The van der Waals surface area contributed by atoms with E-state index in [0.717, 1.165) is 42.4 Å². The maximum absolute atomic E-state index is 12.7. The summed E-state index contributed by atoms with van der Waals surface area (Å²) in [5.74, 6) is 2.10. The average molecular weight is 434 g/mol. The molecule has 2 N–H and O–H groups in total. The SMILES string of the molecule is CCCS(=O)(=O)Nc1cccc(C(=O)Nc2cccc(CN3CCSCC3)c2)c1. The number of nitrogens with one attached hydrogen (secondary N) is 2. The molecular weight excluding hydrogens is 406 g/mol. The maximum atomic E-state index is 12.7. The Morgan fingerprint density at radius 3 is 2.55 bits per heavy atom. The highest BCUT2D eigenvalue weighted by molar-refractivity contribution is 7.99. The Morgan fingerprint density at radius 1 is 1.07 bits per heavy atom. The zero-order valence-electron chi connectivity index (χ0n) is 16.6. The molecule has 2 aromatic rings. The molecule has 0 radical (unpaired) electrons. The lowest BCUT2D eigenvalue weighted by atomic mass is 10.1. The normalized spacial score (nSPS) is 15.1. The van der Waals surface area contributed by atoms with Crippen molar-refractivity contribution < 1.29 is 13.2 Å². The molecule has 0 aliphatic carbocycles. The number of thioether (sulfide) groups is 1. The summed E-state index contributed by atoms with van der Waals surface area (Å²) in [5.41, 5.74) is 2.69. The minimum atomic E-state index is -3.39. The molecule has 2 aromatic carbocycles. The molecule has 0 unspecified atom stereocenters. The second-order valence-corrected chi connectivity index (χ2v) is 10.1. The molecule has 0 aromatic heterocycles. The quantitative estimate of drug-likeness (QED) is 0.665. The predicted octanol–water partition coefficient (Wildman–Crippen LogP) is 3.64. The fourth-order valence-electron chi connectivity index (χ4n) is 3.19. The van der Waals surface area contributed by atoms with Crippen molar-refractivity contribution in [3.05, 3.63) is 59.7 Å². The van der Waals surface area contributed by atoms with Crippen molar-refractivity contribution in [3.63, 3.8) is 0 Å². The van der Waals surface area contributed by atoms with E-state index in [2.05, 4.69) is 21.0 Å². The van der Waals surface area contributed by atoms with Crippen molar-refractivity contribution >= 4 is 39.1 Å². The van der Waals surface area contributed by atoms with Gasteiger partial charge in [0.15, 0.2) is 0 Å². The number of nitrogens with zero attached hydrogens (tertiary/aromatic N) is 1. The average Bonchev–Trinajstić information content (AvgIpc) is 2.69. The monoisotopic (exact) mass is 433 g/mol. The fourth-order valence-corrected chi connectivity index (χ4v) is 5.30. The first kappa shape index (κ1) is 21.7. The molecule has 0 spiro atoms. The maximum Gasteiger partial charge on any atom is 0.255 e. The van der Waals surface area contributed by atoms with Crippen LogP contribution < -0.4 is 10.0 Å². The van der Waals surface area contributed by atoms with Gasteiger partial charge >= 0.3 is 0 Å². The second kappa shape index (κ2) is 10.1. The van der Waals surface area contributed by atoms with Crippen LogP contribution in [0.15, 0.2) is 48.5 Å². The van der Waals surface area contributed by atoms with E-state index in [1.807, 2.05) is 36.9 Å². The Balaban J connectivity index is 1.65. The summed E-state index contributed by atoms with van der Waals surface area (Å²) in [6.45, 7) is 4.85. The molecule has 156 valence electrons. The predicted molar refractivity (Wildman–Crippen MR) is 121 cm³/mol. The second-order valence-electron chi connectivity index (χ2n) is 7.04. The molecule has 1 amide bonds. The number of carbonyl (C=O) groups is 1. The number of benzene rings is 2. The summed E-state index contributed by atoms with van der Waals surface area (Å²) in [6.07, 6.45) is 0.530. The highest BCUT2D eigenvalue weighted by atomic mass is 32.2. The van der Waals surface area contributed by atoms with E-state index in [4.69, 9.17) is 0 Å². The number of rotatable bonds is 8. The molecule has 1 saturated heterocycles. The van der Waals surface area contributed by atoms with Crippen molar-refractivity contribution in [3.8, 4) is 0 Å². The molecule has 29 heavy (non-hydrogen) atoms. The lowest BCUT2D eigenvalue weighted by Gasteiger charge is -2.26.